The minimum absolute atomic E-state index is 0.0123. The van der Waals surface area contributed by atoms with Crippen molar-refractivity contribution in [2.45, 2.75) is 38.1 Å². The highest BCUT2D eigenvalue weighted by atomic mass is 16.5. The number of nitrogens with one attached hydrogen (secondary N) is 1. The van der Waals surface area contributed by atoms with Gasteiger partial charge in [0.1, 0.15) is 5.82 Å². The Morgan fingerprint density at radius 3 is 2.89 bits per heavy atom. The van der Waals surface area contributed by atoms with E-state index in [0.717, 1.165) is 51.9 Å². The molecule has 0 aromatic carbocycles. The van der Waals surface area contributed by atoms with Crippen LogP contribution >= 0.6 is 0 Å². The van der Waals surface area contributed by atoms with Crippen LogP contribution in [0.2, 0.25) is 0 Å². The van der Waals surface area contributed by atoms with Gasteiger partial charge in [0.25, 0.3) is 5.91 Å². The van der Waals surface area contributed by atoms with E-state index in [4.69, 9.17) is 4.74 Å². The van der Waals surface area contributed by atoms with Gasteiger partial charge in [-0.25, -0.2) is 4.98 Å². The van der Waals surface area contributed by atoms with E-state index in [1.54, 1.807) is 25.4 Å². The molecule has 7 nitrogen and oxygen atoms in total. The Bertz CT molecular complexity index is 719. The molecule has 146 valence electrons. The summed E-state index contributed by atoms with van der Waals surface area (Å²) in [5.74, 6) is 0.914. The van der Waals surface area contributed by atoms with Gasteiger partial charge in [-0.15, -0.1) is 0 Å². The number of ether oxygens (including phenoxy) is 1. The summed E-state index contributed by atoms with van der Waals surface area (Å²) in [6, 6.07) is 3.81. The number of carbonyl (C=O) groups is 2. The van der Waals surface area contributed by atoms with Gasteiger partial charge in [0, 0.05) is 57.7 Å². The predicted octanol–water partition coefficient (Wildman–Crippen LogP) is 1.76. The van der Waals surface area contributed by atoms with E-state index in [-0.39, 0.29) is 11.8 Å². The lowest BCUT2D eigenvalue weighted by molar-refractivity contribution is -0.150. The third-order valence-electron chi connectivity index (χ3n) is 6.30. The molecule has 0 aliphatic carbocycles. The van der Waals surface area contributed by atoms with Crippen molar-refractivity contribution < 1.29 is 14.3 Å². The first-order valence-corrected chi connectivity index (χ1v) is 9.95. The van der Waals surface area contributed by atoms with Crippen molar-refractivity contribution in [2.75, 3.05) is 45.2 Å². The Morgan fingerprint density at radius 1 is 1.30 bits per heavy atom. The lowest BCUT2D eigenvalue weighted by Crippen LogP contribution is -2.55. The van der Waals surface area contributed by atoms with Crippen molar-refractivity contribution in [3.8, 4) is 0 Å². The number of piperidine rings is 1. The maximum atomic E-state index is 13.4. The highest BCUT2D eigenvalue weighted by molar-refractivity contribution is 5.96. The average Bonchev–Trinajstić information content (AvgIpc) is 3.15. The fourth-order valence-corrected chi connectivity index (χ4v) is 4.75. The third kappa shape index (κ3) is 3.40. The first kappa shape index (κ1) is 18.2. The van der Waals surface area contributed by atoms with E-state index < -0.39 is 5.41 Å². The number of likely N-dealkylation sites (tertiary alicyclic amines) is 2. The summed E-state index contributed by atoms with van der Waals surface area (Å²) in [5, 5.41) is 2.97. The van der Waals surface area contributed by atoms with Gasteiger partial charge in [-0.2, -0.15) is 0 Å². The smallest absolute Gasteiger partial charge is 0.254 e. The van der Waals surface area contributed by atoms with Crippen LogP contribution in [-0.2, 0) is 9.53 Å². The molecule has 3 fully saturated rings. The quantitative estimate of drug-likeness (QED) is 0.875. The molecule has 27 heavy (non-hydrogen) atoms. The Morgan fingerprint density at radius 2 is 2.11 bits per heavy atom. The summed E-state index contributed by atoms with van der Waals surface area (Å²) >= 11 is 0. The van der Waals surface area contributed by atoms with E-state index in [9.17, 15) is 9.59 Å². The molecule has 0 saturated carbocycles. The van der Waals surface area contributed by atoms with Gasteiger partial charge in [-0.05, 0) is 44.2 Å². The van der Waals surface area contributed by atoms with Crippen LogP contribution in [0, 0.1) is 5.41 Å². The Hall–Kier alpha value is -2.15. The van der Waals surface area contributed by atoms with Crippen LogP contribution in [-0.4, -0.2) is 72.5 Å². The van der Waals surface area contributed by atoms with Crippen molar-refractivity contribution in [3.63, 3.8) is 0 Å². The second-order valence-corrected chi connectivity index (χ2v) is 7.88. The van der Waals surface area contributed by atoms with Crippen LogP contribution in [0.5, 0.6) is 0 Å². The van der Waals surface area contributed by atoms with Crippen LogP contribution in [0.25, 0.3) is 0 Å². The highest BCUT2D eigenvalue weighted by Gasteiger charge is 2.50. The van der Waals surface area contributed by atoms with Crippen LogP contribution in [0.4, 0.5) is 5.82 Å². The normalized spacial score (nSPS) is 26.6. The molecule has 0 radical (unpaired) electrons. The summed E-state index contributed by atoms with van der Waals surface area (Å²) in [6.45, 7) is 3.49. The van der Waals surface area contributed by atoms with Gasteiger partial charge < -0.3 is 19.9 Å². The average molecular weight is 372 g/mol. The Labute approximate surface area is 160 Å². The van der Waals surface area contributed by atoms with Crippen LogP contribution < -0.4 is 5.32 Å². The van der Waals surface area contributed by atoms with Crippen molar-refractivity contribution in [2.24, 2.45) is 5.41 Å². The van der Waals surface area contributed by atoms with Gasteiger partial charge in [0.2, 0.25) is 5.91 Å². The molecule has 0 bridgehead atoms. The summed E-state index contributed by atoms with van der Waals surface area (Å²) in [7, 11) is 1.78. The summed E-state index contributed by atoms with van der Waals surface area (Å²) in [6.07, 6.45) is 6.16. The van der Waals surface area contributed by atoms with Gasteiger partial charge >= 0.3 is 0 Å². The zero-order valence-corrected chi connectivity index (χ0v) is 15.9. The van der Waals surface area contributed by atoms with Crippen LogP contribution in [0.15, 0.2) is 18.3 Å². The minimum atomic E-state index is -0.398. The third-order valence-corrected chi connectivity index (χ3v) is 6.30. The number of nitrogens with zero attached hydrogens (tertiary/aromatic N) is 3. The van der Waals surface area contributed by atoms with Crippen LogP contribution in [0.1, 0.15) is 42.5 Å². The number of hydrogen-bond donors (Lipinski definition) is 1. The fourth-order valence-electron chi connectivity index (χ4n) is 4.75. The number of anilines is 1. The molecule has 3 aliphatic rings. The molecular formula is C20H28N4O3. The standard InChI is InChI=1S/C20H28N4O3/c1-21-17-13-15(3-8-22-17)18(25)23-10-7-20(14-23)6-2-9-24(19(20)26)16-4-11-27-12-5-16/h3,8,13,16H,2,4-7,9-12,14H2,1H3,(H,21,22)/t20-/m1/s1. The Kier molecular flexibility index (Phi) is 5.04. The van der Waals surface area contributed by atoms with Crippen molar-refractivity contribution in [1.82, 2.24) is 14.8 Å². The first-order valence-electron chi connectivity index (χ1n) is 9.95. The molecule has 1 atom stereocenters. The summed E-state index contributed by atoms with van der Waals surface area (Å²) in [4.78, 5) is 34.4. The SMILES string of the molecule is CNc1cc(C(=O)N2CC[C@]3(CCCN(C4CCOCC4)C3=O)C2)ccn1. The van der Waals surface area contributed by atoms with E-state index in [0.29, 0.717) is 30.5 Å². The second kappa shape index (κ2) is 7.46. The number of rotatable bonds is 3. The lowest BCUT2D eigenvalue weighted by Gasteiger charge is -2.44. The van der Waals surface area contributed by atoms with Crippen molar-refractivity contribution in [1.29, 1.82) is 0 Å². The molecule has 1 N–H and O–H groups in total. The van der Waals surface area contributed by atoms with Gasteiger partial charge in [0.05, 0.1) is 5.41 Å². The number of pyridine rings is 1. The zero-order chi connectivity index (χ0) is 18.9. The maximum Gasteiger partial charge on any atom is 0.254 e. The predicted molar refractivity (Wildman–Crippen MR) is 102 cm³/mol. The number of amides is 2. The number of aromatic nitrogens is 1. The second-order valence-electron chi connectivity index (χ2n) is 7.88. The molecule has 1 spiro atoms. The largest absolute Gasteiger partial charge is 0.381 e. The zero-order valence-electron chi connectivity index (χ0n) is 15.9. The van der Waals surface area contributed by atoms with E-state index in [1.807, 2.05) is 4.90 Å². The summed E-state index contributed by atoms with van der Waals surface area (Å²) < 4.78 is 5.46. The minimum Gasteiger partial charge on any atom is -0.381 e. The molecule has 2 amide bonds. The summed E-state index contributed by atoms with van der Waals surface area (Å²) in [5.41, 5.74) is 0.224. The van der Waals surface area contributed by atoms with Gasteiger partial charge in [0.15, 0.2) is 0 Å². The van der Waals surface area contributed by atoms with Gasteiger partial charge in [-0.3, -0.25) is 9.59 Å². The van der Waals surface area contributed by atoms with Crippen LogP contribution in [0.3, 0.4) is 0 Å². The highest BCUT2D eigenvalue weighted by Crippen LogP contribution is 2.41. The molecule has 4 heterocycles. The molecule has 0 unspecified atom stereocenters. The molecule has 3 aliphatic heterocycles. The topological polar surface area (TPSA) is 74.8 Å². The van der Waals surface area contributed by atoms with Crippen molar-refractivity contribution >= 4 is 17.6 Å². The van der Waals surface area contributed by atoms with E-state index in [2.05, 4.69) is 15.2 Å². The van der Waals surface area contributed by atoms with E-state index >= 15 is 0 Å². The number of hydrogen-bond acceptors (Lipinski definition) is 5. The molecule has 7 heteroatoms. The molecule has 3 saturated heterocycles. The monoisotopic (exact) mass is 372 g/mol. The molecular weight excluding hydrogens is 344 g/mol. The molecule has 4 rings (SSSR count). The lowest BCUT2D eigenvalue weighted by atomic mass is 9.77. The fraction of sp³-hybridized carbons (Fsp3) is 0.650. The van der Waals surface area contributed by atoms with E-state index in [1.165, 1.54) is 0 Å². The van der Waals surface area contributed by atoms with Gasteiger partial charge in [-0.1, -0.05) is 0 Å². The first-order chi connectivity index (χ1) is 13.1. The molecule has 1 aromatic heterocycles. The van der Waals surface area contributed by atoms with Crippen molar-refractivity contribution in [3.05, 3.63) is 23.9 Å². The molecule has 1 aromatic rings. The maximum absolute atomic E-state index is 13.4. The Balaban J connectivity index is 1.48. The number of carbonyl (C=O) groups excluding carboxylic acids is 2.